The van der Waals surface area contributed by atoms with E-state index in [1.54, 1.807) is 20.8 Å². The van der Waals surface area contributed by atoms with Crippen molar-refractivity contribution < 1.29 is 48.5 Å². The van der Waals surface area contributed by atoms with E-state index in [4.69, 9.17) is 14.9 Å². The Bertz CT molecular complexity index is 1300. The Kier molecular flexibility index (Phi) is 22.1. The highest BCUT2D eigenvalue weighted by atomic mass is 16.5. The van der Waals surface area contributed by atoms with Gasteiger partial charge in [0.1, 0.15) is 18.1 Å². The third kappa shape index (κ3) is 20.6. The Morgan fingerprint density at radius 3 is 1.51 bits per heavy atom. The molecule has 0 aromatic heterocycles. The van der Waals surface area contributed by atoms with Gasteiger partial charge in [0, 0.05) is 64.4 Å². The molecule has 16 heteroatoms. The zero-order valence-electron chi connectivity index (χ0n) is 30.2. The number of rotatable bonds is 24. The van der Waals surface area contributed by atoms with Gasteiger partial charge in [0.25, 0.3) is 0 Å². The van der Waals surface area contributed by atoms with Crippen molar-refractivity contribution in [3.05, 3.63) is 34.9 Å². The van der Waals surface area contributed by atoms with Gasteiger partial charge in [0.2, 0.25) is 35.4 Å². The van der Waals surface area contributed by atoms with Crippen LogP contribution in [-0.2, 0) is 38.3 Å². The van der Waals surface area contributed by atoms with Crippen molar-refractivity contribution in [3.63, 3.8) is 0 Å². The van der Waals surface area contributed by atoms with E-state index >= 15 is 0 Å². The van der Waals surface area contributed by atoms with Gasteiger partial charge in [0.05, 0.1) is 6.61 Å². The molecule has 0 bridgehead atoms. The number of aliphatic hydroxyl groups is 2. The van der Waals surface area contributed by atoms with E-state index in [1.165, 1.54) is 25.2 Å². The highest BCUT2D eigenvalue weighted by Crippen LogP contribution is 2.09. The number of hydrogen-bond donors (Lipinski definition) is 8. The van der Waals surface area contributed by atoms with Crippen molar-refractivity contribution in [1.29, 1.82) is 0 Å². The van der Waals surface area contributed by atoms with E-state index in [2.05, 4.69) is 31.9 Å². The summed E-state index contributed by atoms with van der Waals surface area (Å²) in [6.45, 7) is 7.27. The molecular formula is C35H56N6O10. The molecule has 3 unspecified atom stereocenters. The van der Waals surface area contributed by atoms with Crippen molar-refractivity contribution in [2.24, 2.45) is 0 Å². The van der Waals surface area contributed by atoms with Gasteiger partial charge >= 0.3 is 5.97 Å². The van der Waals surface area contributed by atoms with Crippen LogP contribution in [0.3, 0.4) is 0 Å². The first kappa shape index (κ1) is 44.5. The molecule has 0 saturated carbocycles. The number of amides is 6. The van der Waals surface area contributed by atoms with Crippen LogP contribution in [0.2, 0.25) is 0 Å². The van der Waals surface area contributed by atoms with E-state index in [9.17, 15) is 33.6 Å². The zero-order valence-corrected chi connectivity index (χ0v) is 30.2. The van der Waals surface area contributed by atoms with Crippen molar-refractivity contribution in [2.45, 2.75) is 104 Å². The molecule has 51 heavy (non-hydrogen) atoms. The fourth-order valence-corrected chi connectivity index (χ4v) is 4.94. The van der Waals surface area contributed by atoms with Crippen LogP contribution < -0.4 is 31.9 Å². The minimum Gasteiger partial charge on any atom is -0.464 e. The van der Waals surface area contributed by atoms with Crippen LogP contribution in [0.25, 0.3) is 0 Å². The summed E-state index contributed by atoms with van der Waals surface area (Å²) in [6.07, 6.45) is 7.54. The summed E-state index contributed by atoms with van der Waals surface area (Å²) < 4.78 is 5.32. The van der Waals surface area contributed by atoms with Gasteiger partial charge in [-0.2, -0.15) is 0 Å². The SMILES string of the molecule is CC(=O)NC(CCCNC(=O)C=C(C)CCO)C(=O)OCCC(C)=CC(=O)NCCCC1NC(=O)C(CCCNC(=O)C=C(C)CCO)NC1=O. The third-order valence-corrected chi connectivity index (χ3v) is 7.72. The van der Waals surface area contributed by atoms with E-state index < -0.39 is 30.0 Å². The molecule has 0 aromatic carbocycles. The van der Waals surface area contributed by atoms with Crippen LogP contribution in [-0.4, -0.2) is 109 Å². The maximum atomic E-state index is 12.6. The van der Waals surface area contributed by atoms with Gasteiger partial charge < -0.3 is 46.9 Å². The van der Waals surface area contributed by atoms with Crippen molar-refractivity contribution in [3.8, 4) is 0 Å². The average Bonchev–Trinajstić information content (AvgIpc) is 3.04. The standard InChI is InChI=1S/C35H56N6O10/c1-23(11-17-42)20-30(45)36-14-5-8-27-33(48)41-28(34(49)40-27)9-6-15-37-32(47)22-25(3)13-19-51-35(50)29(39-26(4)44)10-7-16-38-31(46)21-24(2)12-18-43/h20-22,27-29,42-43H,5-19H2,1-4H3,(H,36,45)(H,37,47)(H,38,46)(H,39,44)(H,40,49)(H,41,48). The highest BCUT2D eigenvalue weighted by molar-refractivity contribution is 5.97. The Hall–Kier alpha value is -4.57. The first-order chi connectivity index (χ1) is 24.2. The molecule has 6 amide bonds. The molecule has 1 aliphatic heterocycles. The number of nitrogens with one attached hydrogen (secondary N) is 6. The van der Waals surface area contributed by atoms with Gasteiger partial charge in [-0.3, -0.25) is 28.8 Å². The van der Waals surface area contributed by atoms with Gasteiger partial charge in [-0.05, 0) is 72.1 Å². The number of piperazine rings is 1. The Morgan fingerprint density at radius 1 is 0.686 bits per heavy atom. The largest absolute Gasteiger partial charge is 0.464 e. The average molecular weight is 721 g/mol. The van der Waals surface area contributed by atoms with Crippen molar-refractivity contribution in [2.75, 3.05) is 39.5 Å². The molecule has 16 nitrogen and oxygen atoms in total. The minimum atomic E-state index is -0.893. The van der Waals surface area contributed by atoms with Gasteiger partial charge in [-0.15, -0.1) is 0 Å². The van der Waals surface area contributed by atoms with Crippen LogP contribution in [0, 0.1) is 0 Å². The lowest BCUT2D eigenvalue weighted by molar-refractivity contribution is -0.147. The Labute approximate surface area is 299 Å². The molecule has 0 radical (unpaired) electrons. The van der Waals surface area contributed by atoms with Crippen molar-refractivity contribution >= 4 is 41.4 Å². The number of carbonyl (C=O) groups excluding carboxylic acids is 7. The monoisotopic (exact) mass is 720 g/mol. The second-order valence-corrected chi connectivity index (χ2v) is 12.5. The van der Waals surface area contributed by atoms with E-state index in [-0.39, 0.29) is 75.3 Å². The molecule has 3 atom stereocenters. The number of hydrogen-bond acceptors (Lipinski definition) is 10. The zero-order chi connectivity index (χ0) is 38.2. The Balaban J connectivity index is 2.34. The summed E-state index contributed by atoms with van der Waals surface area (Å²) in [5.74, 6) is -2.59. The lowest BCUT2D eigenvalue weighted by Crippen LogP contribution is -2.61. The summed E-state index contributed by atoms with van der Waals surface area (Å²) >= 11 is 0. The van der Waals surface area contributed by atoms with Crippen LogP contribution in [0.5, 0.6) is 0 Å². The second-order valence-electron chi connectivity index (χ2n) is 12.5. The van der Waals surface area contributed by atoms with E-state index in [0.717, 1.165) is 11.1 Å². The van der Waals surface area contributed by atoms with Crippen LogP contribution in [0.4, 0.5) is 0 Å². The number of ether oxygens (including phenoxy) is 1. The third-order valence-electron chi connectivity index (χ3n) is 7.72. The second kappa shape index (κ2) is 25.4. The molecule has 1 saturated heterocycles. The van der Waals surface area contributed by atoms with Crippen molar-refractivity contribution in [1.82, 2.24) is 31.9 Å². The van der Waals surface area contributed by atoms with Crippen LogP contribution in [0.15, 0.2) is 34.9 Å². The molecule has 0 aromatic rings. The number of carbonyl (C=O) groups is 7. The maximum absolute atomic E-state index is 12.6. The summed E-state index contributed by atoms with van der Waals surface area (Å²) in [5.41, 5.74) is 2.15. The highest BCUT2D eigenvalue weighted by Gasteiger charge is 2.32. The first-order valence-electron chi connectivity index (χ1n) is 17.4. The van der Waals surface area contributed by atoms with Gasteiger partial charge in [-0.1, -0.05) is 16.7 Å². The fourth-order valence-electron chi connectivity index (χ4n) is 4.94. The summed E-state index contributed by atoms with van der Waals surface area (Å²) in [6, 6.07) is -2.31. The first-order valence-corrected chi connectivity index (χ1v) is 17.4. The predicted molar refractivity (Wildman–Crippen MR) is 188 cm³/mol. The lowest BCUT2D eigenvalue weighted by Gasteiger charge is -2.29. The number of aliphatic hydroxyl groups excluding tert-OH is 2. The van der Waals surface area contributed by atoms with E-state index in [0.29, 0.717) is 57.1 Å². The summed E-state index contributed by atoms with van der Waals surface area (Å²) in [4.78, 5) is 85.3. The summed E-state index contributed by atoms with van der Waals surface area (Å²) in [5, 5.41) is 34.0. The molecule has 1 rings (SSSR count). The molecule has 0 aliphatic carbocycles. The molecule has 286 valence electrons. The summed E-state index contributed by atoms with van der Waals surface area (Å²) in [7, 11) is 0. The quantitative estimate of drug-likeness (QED) is 0.0368. The van der Waals surface area contributed by atoms with Gasteiger partial charge in [0.15, 0.2) is 0 Å². The molecule has 0 spiro atoms. The number of esters is 1. The fraction of sp³-hybridized carbons (Fsp3) is 0.629. The molecule has 1 heterocycles. The van der Waals surface area contributed by atoms with Crippen LogP contribution >= 0.6 is 0 Å². The minimum absolute atomic E-state index is 0.00914. The van der Waals surface area contributed by atoms with E-state index in [1.807, 2.05) is 0 Å². The molecular weight excluding hydrogens is 664 g/mol. The van der Waals surface area contributed by atoms with Gasteiger partial charge in [-0.25, -0.2) is 4.79 Å². The lowest BCUT2D eigenvalue weighted by atomic mass is 10.0. The topological polar surface area (TPSA) is 241 Å². The Morgan fingerprint density at radius 2 is 1.10 bits per heavy atom. The molecule has 1 aliphatic rings. The maximum Gasteiger partial charge on any atom is 0.328 e. The predicted octanol–water partition coefficient (Wildman–Crippen LogP) is -0.299. The van der Waals surface area contributed by atoms with Crippen LogP contribution in [0.1, 0.15) is 85.5 Å². The normalized spacial score (nSPS) is 17.1. The molecule has 1 fully saturated rings. The molecule has 8 N–H and O–H groups in total. The smallest absolute Gasteiger partial charge is 0.328 e.